The number of benzene rings is 2. The number of amides is 1. The van der Waals surface area contributed by atoms with E-state index in [-0.39, 0.29) is 34.3 Å². The summed E-state index contributed by atoms with van der Waals surface area (Å²) in [5.74, 6) is -0.510. The molecule has 0 saturated heterocycles. The molecule has 1 atom stereocenters. The monoisotopic (exact) mass is 502 g/mol. The normalized spacial score (nSPS) is 12.4. The SMILES string of the molecule is CCN(CC)CCC(CC(N)=O)Nc1cc(Oc2ccc(C(F)(F)F)cc2Cl)ccc1[N+](=O)[O-]. The summed E-state index contributed by atoms with van der Waals surface area (Å²) < 4.78 is 44.2. The minimum Gasteiger partial charge on any atom is -0.456 e. The van der Waals surface area contributed by atoms with Gasteiger partial charge in [-0.05, 0) is 43.8 Å². The first-order valence-electron chi connectivity index (χ1n) is 10.5. The predicted octanol–water partition coefficient (Wildman–Crippen LogP) is 5.45. The Hall–Kier alpha value is -3.05. The molecular weight excluding hydrogens is 477 g/mol. The van der Waals surface area contributed by atoms with Gasteiger partial charge in [-0.2, -0.15) is 13.2 Å². The van der Waals surface area contributed by atoms with Crippen LogP contribution in [0.15, 0.2) is 36.4 Å². The summed E-state index contributed by atoms with van der Waals surface area (Å²) in [5.41, 5.74) is 4.25. The molecule has 3 N–H and O–H groups in total. The number of alkyl halides is 3. The Balaban J connectivity index is 2.31. The Morgan fingerprint density at radius 3 is 2.44 bits per heavy atom. The number of rotatable bonds is 12. The van der Waals surface area contributed by atoms with Crippen molar-refractivity contribution >= 4 is 28.9 Å². The van der Waals surface area contributed by atoms with E-state index in [1.54, 1.807) is 0 Å². The van der Waals surface area contributed by atoms with Crippen LogP contribution in [-0.2, 0) is 11.0 Å². The molecular formula is C22H26ClF3N4O4. The number of ether oxygens (including phenoxy) is 1. The van der Waals surface area contributed by atoms with Crippen LogP contribution in [-0.4, -0.2) is 41.4 Å². The Kier molecular flexibility index (Phi) is 9.51. The lowest BCUT2D eigenvalue weighted by molar-refractivity contribution is -0.384. The van der Waals surface area contributed by atoms with Crippen LogP contribution in [0.5, 0.6) is 11.5 Å². The fourth-order valence-corrected chi connectivity index (χ4v) is 3.53. The Morgan fingerprint density at radius 1 is 1.24 bits per heavy atom. The van der Waals surface area contributed by atoms with Crippen molar-refractivity contribution < 1.29 is 27.6 Å². The van der Waals surface area contributed by atoms with Gasteiger partial charge in [-0.1, -0.05) is 25.4 Å². The van der Waals surface area contributed by atoms with Gasteiger partial charge < -0.3 is 20.7 Å². The van der Waals surface area contributed by atoms with Gasteiger partial charge in [0.1, 0.15) is 17.2 Å². The van der Waals surface area contributed by atoms with Crippen molar-refractivity contribution in [3.63, 3.8) is 0 Å². The Morgan fingerprint density at radius 2 is 1.91 bits per heavy atom. The maximum atomic E-state index is 12.9. The number of nitro groups is 1. The van der Waals surface area contributed by atoms with Crippen molar-refractivity contribution in [1.29, 1.82) is 0 Å². The van der Waals surface area contributed by atoms with Gasteiger partial charge in [0.05, 0.1) is 15.5 Å². The van der Waals surface area contributed by atoms with Crippen molar-refractivity contribution in [2.24, 2.45) is 5.73 Å². The predicted molar refractivity (Wildman–Crippen MR) is 123 cm³/mol. The van der Waals surface area contributed by atoms with E-state index in [0.29, 0.717) is 13.0 Å². The molecule has 0 heterocycles. The number of nitrogens with two attached hydrogens (primary N) is 1. The number of carbonyl (C=O) groups is 1. The van der Waals surface area contributed by atoms with E-state index in [1.807, 2.05) is 13.8 Å². The van der Waals surface area contributed by atoms with Crippen LogP contribution in [0.3, 0.4) is 0 Å². The van der Waals surface area contributed by atoms with E-state index in [2.05, 4.69) is 10.2 Å². The van der Waals surface area contributed by atoms with Gasteiger partial charge in [0.15, 0.2) is 0 Å². The fourth-order valence-electron chi connectivity index (χ4n) is 3.31. The summed E-state index contributed by atoms with van der Waals surface area (Å²) in [4.78, 5) is 24.6. The van der Waals surface area contributed by atoms with Crippen molar-refractivity contribution in [3.05, 3.63) is 57.1 Å². The van der Waals surface area contributed by atoms with Gasteiger partial charge in [0.25, 0.3) is 5.69 Å². The van der Waals surface area contributed by atoms with Gasteiger partial charge in [-0.15, -0.1) is 0 Å². The number of carbonyl (C=O) groups excluding carboxylic acids is 1. The quantitative estimate of drug-likeness (QED) is 0.295. The molecule has 0 fully saturated rings. The van der Waals surface area contributed by atoms with Crippen molar-refractivity contribution in [3.8, 4) is 11.5 Å². The second kappa shape index (κ2) is 11.9. The van der Waals surface area contributed by atoms with E-state index >= 15 is 0 Å². The van der Waals surface area contributed by atoms with Gasteiger partial charge in [-0.3, -0.25) is 14.9 Å². The summed E-state index contributed by atoms with van der Waals surface area (Å²) in [7, 11) is 0. The highest BCUT2D eigenvalue weighted by molar-refractivity contribution is 6.32. The van der Waals surface area contributed by atoms with Crippen molar-refractivity contribution in [1.82, 2.24) is 4.90 Å². The lowest BCUT2D eigenvalue weighted by Crippen LogP contribution is -2.33. The molecule has 8 nitrogen and oxygen atoms in total. The highest BCUT2D eigenvalue weighted by atomic mass is 35.5. The number of primary amides is 1. The minimum atomic E-state index is -4.56. The molecule has 0 aliphatic heterocycles. The zero-order valence-electron chi connectivity index (χ0n) is 18.7. The molecule has 0 spiro atoms. The lowest BCUT2D eigenvalue weighted by Gasteiger charge is -2.23. The number of nitrogens with one attached hydrogen (secondary N) is 1. The number of anilines is 1. The number of nitro benzene ring substituents is 1. The number of halogens is 4. The summed E-state index contributed by atoms with van der Waals surface area (Å²) in [6, 6.07) is 5.97. The van der Waals surface area contributed by atoms with E-state index in [1.165, 1.54) is 18.2 Å². The highest BCUT2D eigenvalue weighted by Gasteiger charge is 2.31. The second-order valence-corrected chi connectivity index (χ2v) is 7.92. The largest absolute Gasteiger partial charge is 0.456 e. The van der Waals surface area contributed by atoms with Crippen molar-refractivity contribution in [2.45, 2.75) is 38.9 Å². The smallest absolute Gasteiger partial charge is 0.416 e. The van der Waals surface area contributed by atoms with E-state index < -0.39 is 28.6 Å². The molecule has 186 valence electrons. The standard InChI is InChI=1S/C22H26ClF3N4O4/c1-3-29(4-2)10-9-15(12-21(27)31)28-18-13-16(6-7-19(18)30(32)33)34-20-8-5-14(11-17(20)23)22(24,25)26/h5-8,11,13,15,28H,3-4,9-10,12H2,1-2H3,(H2,27,31). The molecule has 12 heteroatoms. The van der Waals surface area contributed by atoms with Crippen molar-refractivity contribution in [2.75, 3.05) is 25.0 Å². The van der Waals surface area contributed by atoms with Gasteiger partial charge >= 0.3 is 6.18 Å². The average Bonchev–Trinajstić information content (AvgIpc) is 2.74. The third-order valence-corrected chi connectivity index (χ3v) is 5.44. The third-order valence-electron chi connectivity index (χ3n) is 5.15. The number of hydrogen-bond acceptors (Lipinski definition) is 6. The summed E-state index contributed by atoms with van der Waals surface area (Å²) in [6.07, 6.45) is -4.11. The molecule has 1 amide bonds. The molecule has 34 heavy (non-hydrogen) atoms. The van der Waals surface area contributed by atoms with Crippen LogP contribution < -0.4 is 15.8 Å². The molecule has 0 aromatic heterocycles. The van der Waals surface area contributed by atoms with E-state index in [9.17, 15) is 28.1 Å². The summed E-state index contributed by atoms with van der Waals surface area (Å²) in [6.45, 7) is 6.24. The van der Waals surface area contributed by atoms with E-state index in [4.69, 9.17) is 22.1 Å². The van der Waals surface area contributed by atoms with Gasteiger partial charge in [-0.25, -0.2) is 0 Å². The maximum absolute atomic E-state index is 12.9. The minimum absolute atomic E-state index is 0.0474. The van der Waals surface area contributed by atoms with Gasteiger partial charge in [0, 0.05) is 31.1 Å². The Bertz CT molecular complexity index is 1020. The molecule has 2 aromatic carbocycles. The zero-order valence-corrected chi connectivity index (χ0v) is 19.4. The second-order valence-electron chi connectivity index (χ2n) is 7.51. The molecule has 2 rings (SSSR count). The molecule has 0 saturated carbocycles. The summed E-state index contributed by atoms with van der Waals surface area (Å²) >= 11 is 5.94. The highest BCUT2D eigenvalue weighted by Crippen LogP contribution is 2.38. The molecule has 0 aliphatic rings. The third kappa shape index (κ3) is 7.77. The average molecular weight is 503 g/mol. The molecule has 0 bridgehead atoms. The van der Waals surface area contributed by atoms with Crippen LogP contribution in [0.2, 0.25) is 5.02 Å². The topological polar surface area (TPSA) is 111 Å². The molecule has 0 radical (unpaired) electrons. The fraction of sp³-hybridized carbons (Fsp3) is 0.409. The molecule has 0 aliphatic carbocycles. The Labute approximate surface area is 200 Å². The first-order chi connectivity index (χ1) is 15.9. The molecule has 2 aromatic rings. The van der Waals surface area contributed by atoms with Crippen LogP contribution >= 0.6 is 11.6 Å². The number of hydrogen-bond donors (Lipinski definition) is 2. The van der Waals surface area contributed by atoms with Crippen LogP contribution in [0.4, 0.5) is 24.5 Å². The van der Waals surface area contributed by atoms with Gasteiger partial charge in [0.2, 0.25) is 5.91 Å². The van der Waals surface area contributed by atoms with Crippen LogP contribution in [0.25, 0.3) is 0 Å². The zero-order chi connectivity index (χ0) is 25.5. The first kappa shape index (κ1) is 27.2. The first-order valence-corrected chi connectivity index (χ1v) is 10.9. The number of nitrogens with zero attached hydrogens (tertiary/aromatic N) is 2. The summed E-state index contributed by atoms with van der Waals surface area (Å²) in [5, 5.41) is 14.3. The molecule has 1 unspecified atom stereocenters. The van der Waals surface area contributed by atoms with E-state index in [0.717, 1.165) is 31.3 Å². The lowest BCUT2D eigenvalue weighted by atomic mass is 10.1. The van der Waals surface area contributed by atoms with Crippen LogP contribution in [0, 0.1) is 10.1 Å². The van der Waals surface area contributed by atoms with Crippen LogP contribution in [0.1, 0.15) is 32.3 Å². The maximum Gasteiger partial charge on any atom is 0.416 e.